The number of piperidine rings is 1. The predicted octanol–water partition coefficient (Wildman–Crippen LogP) is 6.96. The molecule has 0 saturated carbocycles. The van der Waals surface area contributed by atoms with Crippen molar-refractivity contribution >= 4 is 38.7 Å². The molecule has 4 nitrogen and oxygen atoms in total. The Morgan fingerprint density at radius 3 is 2.48 bits per heavy atom. The molecule has 4 aromatic rings. The van der Waals surface area contributed by atoms with E-state index in [1.165, 1.54) is 40.8 Å². The summed E-state index contributed by atoms with van der Waals surface area (Å²) in [5, 5.41) is 6.84. The third-order valence-corrected chi connectivity index (χ3v) is 7.21. The maximum atomic E-state index is 4.60. The molecule has 1 aliphatic rings. The molecule has 1 N–H and O–H groups in total. The lowest BCUT2D eigenvalue weighted by molar-refractivity contribution is 0.438. The van der Waals surface area contributed by atoms with Crippen molar-refractivity contribution in [2.24, 2.45) is 5.92 Å². The van der Waals surface area contributed by atoms with Crippen LogP contribution in [0.2, 0.25) is 0 Å². The predicted molar refractivity (Wildman–Crippen MR) is 133 cm³/mol. The molecule has 2 aromatic heterocycles. The Labute approximate surface area is 188 Å². The number of anilines is 3. The number of aryl methyl sites for hydroxylation is 2. The third kappa shape index (κ3) is 4.02. The number of hydrogen-bond donors (Lipinski definition) is 1. The lowest BCUT2D eigenvalue weighted by Gasteiger charge is -2.32. The van der Waals surface area contributed by atoms with E-state index in [-0.39, 0.29) is 0 Å². The van der Waals surface area contributed by atoms with E-state index in [9.17, 15) is 0 Å². The molecular formula is C26H28N4S. The van der Waals surface area contributed by atoms with Crippen LogP contribution in [0.1, 0.15) is 30.9 Å². The number of thiophene rings is 1. The van der Waals surface area contributed by atoms with Crippen molar-refractivity contribution in [3.63, 3.8) is 0 Å². The molecule has 5 heteroatoms. The molecular weight excluding hydrogens is 400 g/mol. The van der Waals surface area contributed by atoms with Gasteiger partial charge in [-0.2, -0.15) is 0 Å². The van der Waals surface area contributed by atoms with E-state index < -0.39 is 0 Å². The first-order valence-corrected chi connectivity index (χ1v) is 11.9. The lowest BCUT2D eigenvalue weighted by atomic mass is 9.99. The first-order valence-electron chi connectivity index (χ1n) is 11.0. The number of fused-ring (bicyclic) bond motifs is 1. The van der Waals surface area contributed by atoms with E-state index in [4.69, 9.17) is 0 Å². The molecule has 0 aliphatic carbocycles. The first kappa shape index (κ1) is 20.0. The van der Waals surface area contributed by atoms with Crippen molar-refractivity contribution in [1.82, 2.24) is 9.97 Å². The molecule has 3 heterocycles. The van der Waals surface area contributed by atoms with E-state index in [1.807, 2.05) is 0 Å². The molecule has 0 atom stereocenters. The van der Waals surface area contributed by atoms with Crippen molar-refractivity contribution in [3.8, 4) is 11.1 Å². The zero-order valence-electron chi connectivity index (χ0n) is 18.4. The molecule has 31 heavy (non-hydrogen) atoms. The summed E-state index contributed by atoms with van der Waals surface area (Å²) in [5.74, 6) is 1.70. The summed E-state index contributed by atoms with van der Waals surface area (Å²) in [6.45, 7) is 8.95. The second-order valence-corrected chi connectivity index (χ2v) is 9.57. The summed E-state index contributed by atoms with van der Waals surface area (Å²) >= 11 is 1.67. The van der Waals surface area contributed by atoms with E-state index in [0.717, 1.165) is 40.7 Å². The maximum Gasteiger partial charge on any atom is 0.143 e. The van der Waals surface area contributed by atoms with Crippen LogP contribution in [0.15, 0.2) is 54.2 Å². The topological polar surface area (TPSA) is 41.1 Å². The van der Waals surface area contributed by atoms with Crippen LogP contribution in [0.3, 0.4) is 0 Å². The highest BCUT2D eigenvalue weighted by molar-refractivity contribution is 7.17. The fourth-order valence-electron chi connectivity index (χ4n) is 4.44. The van der Waals surface area contributed by atoms with Crippen LogP contribution < -0.4 is 10.2 Å². The summed E-state index contributed by atoms with van der Waals surface area (Å²) in [4.78, 5) is 12.6. The number of hydrogen-bond acceptors (Lipinski definition) is 5. The average Bonchev–Trinajstić information content (AvgIpc) is 3.20. The normalized spacial score (nSPS) is 14.9. The van der Waals surface area contributed by atoms with E-state index >= 15 is 0 Å². The van der Waals surface area contributed by atoms with Gasteiger partial charge < -0.3 is 10.2 Å². The van der Waals surface area contributed by atoms with Gasteiger partial charge in [-0.3, -0.25) is 0 Å². The Kier molecular flexibility index (Phi) is 5.36. The van der Waals surface area contributed by atoms with Gasteiger partial charge in [0.05, 0.1) is 5.39 Å². The van der Waals surface area contributed by atoms with Crippen LogP contribution >= 0.6 is 11.3 Å². The van der Waals surface area contributed by atoms with Gasteiger partial charge in [-0.05, 0) is 68.0 Å². The summed E-state index contributed by atoms with van der Waals surface area (Å²) in [6.07, 6.45) is 4.20. The molecule has 0 spiro atoms. The smallest absolute Gasteiger partial charge is 0.143 e. The van der Waals surface area contributed by atoms with Crippen LogP contribution in [-0.2, 0) is 0 Å². The van der Waals surface area contributed by atoms with Crippen molar-refractivity contribution in [3.05, 3.63) is 65.3 Å². The summed E-state index contributed by atoms with van der Waals surface area (Å²) in [5.41, 5.74) is 7.33. The third-order valence-electron chi connectivity index (χ3n) is 6.32. The highest BCUT2D eigenvalue weighted by atomic mass is 32.1. The minimum atomic E-state index is 0.842. The summed E-state index contributed by atoms with van der Waals surface area (Å²) in [7, 11) is 0. The van der Waals surface area contributed by atoms with Crippen molar-refractivity contribution in [2.45, 2.75) is 33.6 Å². The number of nitrogens with zero attached hydrogens (tertiary/aromatic N) is 3. The largest absolute Gasteiger partial charge is 0.372 e. The van der Waals surface area contributed by atoms with E-state index in [2.05, 4.69) is 88.8 Å². The standard InChI is InChI=1S/C26H28N4S/c1-17-10-12-30(13-11-17)21-7-5-20(6-8-21)29-25-24-23(15-31-26(24)28-16-27-25)22-9-4-18(2)14-19(22)3/h4-9,14-17H,10-13H2,1-3H3,(H,27,28,29). The van der Waals surface area contributed by atoms with Gasteiger partial charge >= 0.3 is 0 Å². The molecule has 5 rings (SSSR count). The highest BCUT2D eigenvalue weighted by Crippen LogP contribution is 2.39. The quantitative estimate of drug-likeness (QED) is 0.382. The SMILES string of the molecule is Cc1ccc(-c2csc3ncnc(Nc4ccc(N5CCC(C)CC5)cc4)c23)c(C)c1. The Bertz CT molecular complexity index is 1200. The highest BCUT2D eigenvalue weighted by Gasteiger charge is 2.17. The molecule has 0 radical (unpaired) electrons. The van der Waals surface area contributed by atoms with Gasteiger partial charge in [0.25, 0.3) is 0 Å². The number of benzene rings is 2. The molecule has 1 aliphatic heterocycles. The average molecular weight is 429 g/mol. The molecule has 2 aromatic carbocycles. The zero-order valence-corrected chi connectivity index (χ0v) is 19.2. The van der Waals surface area contributed by atoms with Crippen LogP contribution in [0.4, 0.5) is 17.2 Å². The van der Waals surface area contributed by atoms with Gasteiger partial charge in [-0.1, -0.05) is 30.7 Å². The summed E-state index contributed by atoms with van der Waals surface area (Å²) < 4.78 is 0. The second kappa shape index (κ2) is 8.31. The second-order valence-electron chi connectivity index (χ2n) is 8.71. The molecule has 1 saturated heterocycles. The Hall–Kier alpha value is -2.92. The molecule has 158 valence electrons. The molecule has 0 unspecified atom stereocenters. The van der Waals surface area contributed by atoms with Gasteiger partial charge in [0.2, 0.25) is 0 Å². The van der Waals surface area contributed by atoms with Gasteiger partial charge in [-0.15, -0.1) is 11.3 Å². The van der Waals surface area contributed by atoms with Gasteiger partial charge in [0, 0.05) is 35.4 Å². The van der Waals surface area contributed by atoms with Crippen LogP contribution in [0.25, 0.3) is 21.3 Å². The number of rotatable bonds is 4. The van der Waals surface area contributed by atoms with Gasteiger partial charge in [0.15, 0.2) is 0 Å². The number of nitrogens with one attached hydrogen (secondary N) is 1. The Balaban J connectivity index is 1.45. The molecule has 0 bridgehead atoms. The van der Waals surface area contributed by atoms with E-state index in [1.54, 1.807) is 17.7 Å². The van der Waals surface area contributed by atoms with Crippen molar-refractivity contribution in [2.75, 3.05) is 23.3 Å². The minimum absolute atomic E-state index is 0.842. The van der Waals surface area contributed by atoms with E-state index in [0.29, 0.717) is 0 Å². The first-order chi connectivity index (χ1) is 15.1. The Morgan fingerprint density at radius 1 is 0.968 bits per heavy atom. The monoisotopic (exact) mass is 428 g/mol. The fraction of sp³-hybridized carbons (Fsp3) is 0.308. The molecule has 0 amide bonds. The summed E-state index contributed by atoms with van der Waals surface area (Å²) in [6, 6.07) is 15.4. The minimum Gasteiger partial charge on any atom is -0.372 e. The number of aromatic nitrogens is 2. The van der Waals surface area contributed by atoms with Crippen LogP contribution in [0.5, 0.6) is 0 Å². The van der Waals surface area contributed by atoms with Gasteiger partial charge in [-0.25, -0.2) is 9.97 Å². The van der Waals surface area contributed by atoms with Crippen molar-refractivity contribution < 1.29 is 0 Å². The molecule has 1 fully saturated rings. The van der Waals surface area contributed by atoms with Crippen LogP contribution in [-0.4, -0.2) is 23.1 Å². The van der Waals surface area contributed by atoms with Crippen molar-refractivity contribution in [1.29, 1.82) is 0 Å². The van der Waals surface area contributed by atoms with Gasteiger partial charge in [0.1, 0.15) is 17.0 Å². The zero-order chi connectivity index (χ0) is 21.4. The lowest BCUT2D eigenvalue weighted by Crippen LogP contribution is -2.32. The Morgan fingerprint density at radius 2 is 1.74 bits per heavy atom. The fourth-order valence-corrected chi connectivity index (χ4v) is 5.35. The van der Waals surface area contributed by atoms with Crippen LogP contribution in [0, 0.1) is 19.8 Å². The maximum absolute atomic E-state index is 4.60.